The van der Waals surface area contributed by atoms with E-state index in [0.717, 1.165) is 44.9 Å². The Morgan fingerprint density at radius 3 is 2.21 bits per heavy atom. The van der Waals surface area contributed by atoms with Crippen molar-refractivity contribution in [1.82, 2.24) is 0 Å². The second-order valence-corrected chi connectivity index (χ2v) is 6.80. The average Bonchev–Trinajstić information content (AvgIpc) is 2.52. The van der Waals surface area contributed by atoms with Crippen LogP contribution < -0.4 is 0 Å². The minimum atomic E-state index is -0.172. The van der Waals surface area contributed by atoms with Crippen molar-refractivity contribution in [3.63, 3.8) is 0 Å². The zero-order valence-electron chi connectivity index (χ0n) is 16.1. The van der Waals surface area contributed by atoms with Crippen molar-refractivity contribution in [2.24, 2.45) is 0 Å². The normalized spacial score (nSPS) is 12.5. The van der Waals surface area contributed by atoms with Crippen LogP contribution in [0.15, 0.2) is 12.2 Å². The number of esters is 1. The number of hydrogen-bond donors (Lipinski definition) is 0. The lowest BCUT2D eigenvalue weighted by molar-refractivity contribution is -0.146. The Balaban J connectivity index is 3.69. The zero-order chi connectivity index (χ0) is 18.0. The van der Waals surface area contributed by atoms with E-state index in [0.29, 0.717) is 5.78 Å². The Labute approximate surface area is 149 Å². The van der Waals surface area contributed by atoms with Gasteiger partial charge in [0, 0.05) is 19.8 Å². The fourth-order valence-electron chi connectivity index (χ4n) is 2.79. The molecule has 0 amide bonds. The lowest BCUT2D eigenvalue weighted by Gasteiger charge is -2.15. The molecule has 3 heteroatoms. The van der Waals surface area contributed by atoms with Crippen molar-refractivity contribution in [1.29, 1.82) is 0 Å². The van der Waals surface area contributed by atoms with Gasteiger partial charge in [-0.2, -0.15) is 0 Å². The topological polar surface area (TPSA) is 43.4 Å². The van der Waals surface area contributed by atoms with Gasteiger partial charge >= 0.3 is 5.97 Å². The minimum Gasteiger partial charge on any atom is -0.462 e. The van der Waals surface area contributed by atoms with E-state index in [9.17, 15) is 9.59 Å². The second-order valence-electron chi connectivity index (χ2n) is 6.80. The van der Waals surface area contributed by atoms with Gasteiger partial charge in [0.1, 0.15) is 11.9 Å². The van der Waals surface area contributed by atoms with Crippen molar-refractivity contribution < 1.29 is 14.3 Å². The molecule has 140 valence electrons. The lowest BCUT2D eigenvalue weighted by Crippen LogP contribution is -2.15. The third-order valence-electron chi connectivity index (χ3n) is 4.18. The maximum Gasteiger partial charge on any atom is 0.302 e. The molecule has 0 N–H and O–H groups in total. The van der Waals surface area contributed by atoms with Crippen LogP contribution in [-0.4, -0.2) is 17.9 Å². The maximum atomic E-state index is 11.2. The molecule has 0 rings (SSSR count). The van der Waals surface area contributed by atoms with Gasteiger partial charge in [-0.15, -0.1) is 0 Å². The summed E-state index contributed by atoms with van der Waals surface area (Å²) in [5.74, 6) is 0.129. The Kier molecular flexibility index (Phi) is 15.9. The minimum absolute atomic E-state index is 0.0437. The summed E-state index contributed by atoms with van der Waals surface area (Å²) in [5.41, 5.74) is 0. The van der Waals surface area contributed by atoms with E-state index in [1.807, 2.05) is 0 Å². The summed E-state index contributed by atoms with van der Waals surface area (Å²) in [7, 11) is 0. The Bertz CT molecular complexity index is 347. The molecule has 0 aliphatic heterocycles. The highest BCUT2D eigenvalue weighted by Gasteiger charge is 2.09. The Morgan fingerprint density at radius 2 is 1.54 bits per heavy atom. The van der Waals surface area contributed by atoms with Gasteiger partial charge in [-0.05, 0) is 39.0 Å². The summed E-state index contributed by atoms with van der Waals surface area (Å²) in [5, 5.41) is 0. The van der Waals surface area contributed by atoms with Gasteiger partial charge in [-0.25, -0.2) is 0 Å². The van der Waals surface area contributed by atoms with Gasteiger partial charge in [-0.3, -0.25) is 4.79 Å². The van der Waals surface area contributed by atoms with Gasteiger partial charge < -0.3 is 9.53 Å². The molecule has 0 heterocycles. The van der Waals surface area contributed by atoms with Crippen molar-refractivity contribution in [3.05, 3.63) is 12.2 Å². The number of carbonyl (C=O) groups excluding carboxylic acids is 2. The van der Waals surface area contributed by atoms with Crippen LogP contribution in [0, 0.1) is 0 Å². The Hall–Kier alpha value is -1.12. The number of hydrogen-bond acceptors (Lipinski definition) is 3. The van der Waals surface area contributed by atoms with Gasteiger partial charge in [0.2, 0.25) is 0 Å². The van der Waals surface area contributed by atoms with Gasteiger partial charge in [-0.1, -0.05) is 57.6 Å². The van der Waals surface area contributed by atoms with E-state index in [-0.39, 0.29) is 12.1 Å². The van der Waals surface area contributed by atoms with Crippen LogP contribution in [0.2, 0.25) is 0 Å². The molecule has 0 aromatic carbocycles. The number of Topliss-reactive ketones (excluding diaryl/α,β-unsaturated/α-hetero) is 1. The molecule has 0 saturated carbocycles. The van der Waals surface area contributed by atoms with Crippen LogP contribution in [0.5, 0.6) is 0 Å². The highest BCUT2D eigenvalue weighted by atomic mass is 16.5. The molecule has 1 unspecified atom stereocenters. The highest BCUT2D eigenvalue weighted by Crippen LogP contribution is 2.13. The molecule has 0 aliphatic carbocycles. The number of rotatable bonds is 16. The first-order valence-electron chi connectivity index (χ1n) is 9.88. The molecule has 3 nitrogen and oxygen atoms in total. The molecule has 0 aromatic rings. The van der Waals surface area contributed by atoms with Crippen LogP contribution in [0.3, 0.4) is 0 Å². The van der Waals surface area contributed by atoms with Crippen LogP contribution in [0.4, 0.5) is 0 Å². The SMILES string of the molecule is CCCCCCC(C/C=C/CCCCCCCC(C)=O)OC(C)=O. The predicted octanol–water partition coefficient (Wildman–Crippen LogP) is 6.15. The first-order chi connectivity index (χ1) is 11.6. The molecular weight excluding hydrogens is 300 g/mol. The number of unbranched alkanes of at least 4 members (excludes halogenated alkanes) is 8. The summed E-state index contributed by atoms with van der Waals surface area (Å²) in [4.78, 5) is 22.0. The summed E-state index contributed by atoms with van der Waals surface area (Å²) >= 11 is 0. The van der Waals surface area contributed by atoms with Crippen molar-refractivity contribution in [2.75, 3.05) is 0 Å². The smallest absolute Gasteiger partial charge is 0.302 e. The zero-order valence-corrected chi connectivity index (χ0v) is 16.1. The van der Waals surface area contributed by atoms with E-state index < -0.39 is 0 Å². The van der Waals surface area contributed by atoms with Crippen LogP contribution in [-0.2, 0) is 14.3 Å². The summed E-state index contributed by atoms with van der Waals surface area (Å²) in [6.45, 7) is 5.36. The van der Waals surface area contributed by atoms with E-state index >= 15 is 0 Å². The molecule has 0 aliphatic rings. The molecule has 0 bridgehead atoms. The number of ether oxygens (including phenoxy) is 1. The van der Waals surface area contributed by atoms with Gasteiger partial charge in [0.15, 0.2) is 0 Å². The average molecular weight is 339 g/mol. The summed E-state index contributed by atoms with van der Waals surface area (Å²) < 4.78 is 5.40. The highest BCUT2D eigenvalue weighted by molar-refractivity contribution is 5.75. The fraction of sp³-hybridized carbons (Fsp3) is 0.810. The van der Waals surface area contributed by atoms with Crippen molar-refractivity contribution >= 4 is 11.8 Å². The van der Waals surface area contributed by atoms with Crippen LogP contribution in [0.25, 0.3) is 0 Å². The first kappa shape index (κ1) is 22.9. The molecular formula is C21H38O3. The largest absolute Gasteiger partial charge is 0.462 e. The van der Waals surface area contributed by atoms with E-state index in [1.165, 1.54) is 45.4 Å². The van der Waals surface area contributed by atoms with Crippen LogP contribution >= 0.6 is 0 Å². The maximum absolute atomic E-state index is 11.2. The molecule has 0 spiro atoms. The summed E-state index contributed by atoms with van der Waals surface area (Å²) in [6, 6.07) is 0. The van der Waals surface area contributed by atoms with Crippen molar-refractivity contribution in [3.8, 4) is 0 Å². The number of ketones is 1. The Morgan fingerprint density at radius 1 is 0.875 bits per heavy atom. The molecule has 0 aromatic heterocycles. The predicted molar refractivity (Wildman–Crippen MR) is 101 cm³/mol. The van der Waals surface area contributed by atoms with E-state index in [4.69, 9.17) is 4.74 Å². The number of carbonyl (C=O) groups is 2. The number of allylic oxidation sites excluding steroid dienone is 1. The van der Waals surface area contributed by atoms with E-state index in [1.54, 1.807) is 6.92 Å². The standard InChI is InChI=1S/C21H38O3/c1-4-5-6-14-17-21(24-20(3)23)18-15-12-10-8-7-9-11-13-16-19(2)22/h12,15,21H,4-11,13-14,16-18H2,1-3H3/b15-12+. The van der Waals surface area contributed by atoms with E-state index in [2.05, 4.69) is 19.1 Å². The third kappa shape index (κ3) is 17.2. The molecule has 0 saturated heterocycles. The first-order valence-corrected chi connectivity index (χ1v) is 9.88. The monoisotopic (exact) mass is 338 g/mol. The molecule has 0 radical (unpaired) electrons. The lowest BCUT2D eigenvalue weighted by atomic mass is 10.1. The van der Waals surface area contributed by atoms with Gasteiger partial charge in [0.25, 0.3) is 0 Å². The molecule has 24 heavy (non-hydrogen) atoms. The third-order valence-corrected chi connectivity index (χ3v) is 4.18. The quantitative estimate of drug-likeness (QED) is 0.192. The molecule has 0 fully saturated rings. The van der Waals surface area contributed by atoms with Crippen LogP contribution in [0.1, 0.15) is 104 Å². The second kappa shape index (κ2) is 16.7. The fourth-order valence-corrected chi connectivity index (χ4v) is 2.79. The molecule has 1 atom stereocenters. The van der Waals surface area contributed by atoms with Gasteiger partial charge in [0.05, 0.1) is 0 Å². The summed E-state index contributed by atoms with van der Waals surface area (Å²) in [6.07, 6.45) is 18.8. The van der Waals surface area contributed by atoms with Crippen molar-refractivity contribution in [2.45, 2.75) is 110 Å².